The maximum Gasteiger partial charge on any atom is 0.172 e. The van der Waals surface area contributed by atoms with Crippen molar-refractivity contribution in [2.45, 2.75) is 5.41 Å². The van der Waals surface area contributed by atoms with Gasteiger partial charge in [-0.25, -0.2) is 0 Å². The van der Waals surface area contributed by atoms with Crippen molar-refractivity contribution in [3.05, 3.63) is 259 Å². The summed E-state index contributed by atoms with van der Waals surface area (Å²) in [6.45, 7) is 0. The van der Waals surface area contributed by atoms with E-state index in [4.69, 9.17) is 9.47 Å². The summed E-state index contributed by atoms with van der Waals surface area (Å²) < 4.78 is 13.9. The fourth-order valence-corrected chi connectivity index (χ4v) is 10.6. The molecule has 0 amide bonds. The van der Waals surface area contributed by atoms with Gasteiger partial charge in [0.25, 0.3) is 0 Å². The van der Waals surface area contributed by atoms with Crippen LogP contribution < -0.4 is 14.4 Å². The first-order chi connectivity index (χ1) is 31.7. The SMILES string of the molecule is c1ccc(-c2ccccc2-c2ccc(N(c3ccc4c(c3)Oc3cc5c(cc3O4)C3(c4ccccc4-c4ccccc43)c3ccccc3-5)c3ccccc3-c3ccccc3)cc2)cc1. The Morgan fingerprint density at radius 3 is 1.30 bits per heavy atom. The van der Waals surface area contributed by atoms with Gasteiger partial charge in [-0.15, -0.1) is 0 Å². The molecule has 10 aromatic rings. The molecule has 2 aliphatic carbocycles. The Morgan fingerprint density at radius 2 is 0.688 bits per heavy atom. The molecule has 0 saturated carbocycles. The van der Waals surface area contributed by atoms with Gasteiger partial charge in [-0.2, -0.15) is 0 Å². The molecule has 0 aromatic heterocycles. The van der Waals surface area contributed by atoms with Gasteiger partial charge in [0.15, 0.2) is 23.0 Å². The third-order valence-electron chi connectivity index (χ3n) is 13.4. The molecule has 13 rings (SSSR count). The number of rotatable bonds is 6. The molecular formula is C61H39NO2. The molecule has 0 unspecified atom stereocenters. The molecule has 1 spiro atoms. The minimum atomic E-state index is -0.465. The average Bonchev–Trinajstić information content (AvgIpc) is 3.83. The summed E-state index contributed by atoms with van der Waals surface area (Å²) in [5.41, 5.74) is 19.6. The van der Waals surface area contributed by atoms with Gasteiger partial charge in [0.2, 0.25) is 0 Å². The van der Waals surface area contributed by atoms with E-state index >= 15 is 0 Å². The summed E-state index contributed by atoms with van der Waals surface area (Å²) in [4.78, 5) is 2.33. The highest BCUT2D eigenvalue weighted by atomic mass is 16.6. The van der Waals surface area contributed by atoms with Gasteiger partial charge in [-0.1, -0.05) is 188 Å². The number of anilines is 3. The van der Waals surface area contributed by atoms with Crippen LogP contribution in [0.5, 0.6) is 23.0 Å². The van der Waals surface area contributed by atoms with E-state index in [0.29, 0.717) is 23.0 Å². The van der Waals surface area contributed by atoms with E-state index in [9.17, 15) is 0 Å². The lowest BCUT2D eigenvalue weighted by molar-refractivity contribution is 0.359. The van der Waals surface area contributed by atoms with Crippen molar-refractivity contribution in [2.24, 2.45) is 0 Å². The quantitative estimate of drug-likeness (QED) is 0.167. The predicted octanol–water partition coefficient (Wildman–Crippen LogP) is 16.4. The summed E-state index contributed by atoms with van der Waals surface area (Å²) in [5.74, 6) is 2.76. The maximum absolute atomic E-state index is 6.97. The van der Waals surface area contributed by atoms with Crippen molar-refractivity contribution >= 4 is 17.1 Å². The summed E-state index contributed by atoms with van der Waals surface area (Å²) >= 11 is 0. The first kappa shape index (κ1) is 36.3. The molecule has 0 atom stereocenters. The number of hydrogen-bond donors (Lipinski definition) is 0. The van der Waals surface area contributed by atoms with Crippen molar-refractivity contribution in [3.8, 4) is 78.6 Å². The monoisotopic (exact) mass is 817 g/mol. The van der Waals surface area contributed by atoms with Crippen LogP contribution in [0.15, 0.2) is 237 Å². The number of ether oxygens (including phenoxy) is 2. The van der Waals surface area contributed by atoms with Crippen LogP contribution in [0.25, 0.3) is 55.6 Å². The third-order valence-corrected chi connectivity index (χ3v) is 13.4. The van der Waals surface area contributed by atoms with Gasteiger partial charge in [0.05, 0.1) is 16.8 Å². The van der Waals surface area contributed by atoms with E-state index in [2.05, 4.69) is 235 Å². The first-order valence-corrected chi connectivity index (χ1v) is 21.9. The zero-order valence-corrected chi connectivity index (χ0v) is 34.8. The summed E-state index contributed by atoms with van der Waals surface area (Å²) in [7, 11) is 0. The fraction of sp³-hybridized carbons (Fsp3) is 0.0164. The minimum Gasteiger partial charge on any atom is -0.449 e. The van der Waals surface area contributed by atoms with Crippen molar-refractivity contribution in [1.82, 2.24) is 0 Å². The third kappa shape index (κ3) is 5.41. The van der Waals surface area contributed by atoms with E-state index in [1.54, 1.807) is 0 Å². The molecule has 0 saturated heterocycles. The molecule has 0 bridgehead atoms. The molecular weight excluding hydrogens is 779 g/mol. The van der Waals surface area contributed by atoms with Crippen molar-refractivity contribution in [1.29, 1.82) is 0 Å². The number of fused-ring (bicyclic) bond motifs is 12. The Hall–Kier alpha value is -8.40. The highest BCUT2D eigenvalue weighted by Gasteiger charge is 2.52. The summed E-state index contributed by atoms with van der Waals surface area (Å²) in [6.07, 6.45) is 0. The van der Waals surface area contributed by atoms with Gasteiger partial charge in [0, 0.05) is 17.3 Å². The Labute approximate surface area is 372 Å². The molecule has 300 valence electrons. The van der Waals surface area contributed by atoms with Crippen LogP contribution in [-0.4, -0.2) is 0 Å². The molecule has 64 heavy (non-hydrogen) atoms. The molecule has 0 N–H and O–H groups in total. The molecule has 0 radical (unpaired) electrons. The Kier molecular flexibility index (Phi) is 8.13. The van der Waals surface area contributed by atoms with E-state index in [0.717, 1.165) is 39.3 Å². The molecule has 0 fully saturated rings. The lowest BCUT2D eigenvalue weighted by Crippen LogP contribution is -2.25. The van der Waals surface area contributed by atoms with Crippen LogP contribution in [-0.2, 0) is 5.41 Å². The van der Waals surface area contributed by atoms with E-state index in [1.807, 2.05) is 6.07 Å². The van der Waals surface area contributed by atoms with E-state index < -0.39 is 5.41 Å². The van der Waals surface area contributed by atoms with E-state index in [1.165, 1.54) is 55.6 Å². The normalized spacial score (nSPS) is 13.1. The molecule has 1 heterocycles. The van der Waals surface area contributed by atoms with Gasteiger partial charge < -0.3 is 14.4 Å². The van der Waals surface area contributed by atoms with Crippen molar-refractivity contribution in [2.75, 3.05) is 4.90 Å². The summed E-state index contributed by atoms with van der Waals surface area (Å²) in [5, 5.41) is 0. The minimum absolute atomic E-state index is 0.465. The second-order valence-corrected chi connectivity index (χ2v) is 16.7. The maximum atomic E-state index is 6.97. The molecule has 1 aliphatic heterocycles. The van der Waals surface area contributed by atoms with Crippen LogP contribution in [0.1, 0.15) is 22.3 Å². The highest BCUT2D eigenvalue weighted by Crippen LogP contribution is 2.64. The summed E-state index contributed by atoms with van der Waals surface area (Å²) in [6, 6.07) is 84.7. The lowest BCUT2D eigenvalue weighted by atomic mass is 9.70. The van der Waals surface area contributed by atoms with Gasteiger partial charge in [0.1, 0.15) is 0 Å². The van der Waals surface area contributed by atoms with Gasteiger partial charge in [-0.3, -0.25) is 0 Å². The second kappa shape index (κ2) is 14.3. The van der Waals surface area contributed by atoms with Crippen LogP contribution in [0.3, 0.4) is 0 Å². The molecule has 3 aliphatic rings. The molecule has 3 nitrogen and oxygen atoms in total. The van der Waals surface area contributed by atoms with Crippen LogP contribution >= 0.6 is 0 Å². The van der Waals surface area contributed by atoms with Crippen LogP contribution in [0.2, 0.25) is 0 Å². The highest BCUT2D eigenvalue weighted by molar-refractivity contribution is 5.96. The largest absolute Gasteiger partial charge is 0.449 e. The van der Waals surface area contributed by atoms with Crippen LogP contribution in [0, 0.1) is 0 Å². The lowest BCUT2D eigenvalue weighted by Gasteiger charge is -2.31. The molecule has 3 heteroatoms. The molecule has 10 aromatic carbocycles. The standard InChI is InChI=1S/C61H39NO2/c1-3-17-40(18-4-1)45-21-7-8-22-46(45)42-31-33-43(34-32-42)62(56-30-16-12-23-47(56)41-19-5-2-6-20-41)44-35-36-57-58(37-44)64-59-38-51-50-26-11-15-29-54(50)61(55(51)39-60(59)63-57)52-27-13-9-24-48(52)49-25-10-14-28-53(49)61/h1-39H. The predicted molar refractivity (Wildman–Crippen MR) is 260 cm³/mol. The Bertz CT molecular complexity index is 3400. The number of benzene rings is 10. The number of nitrogens with zero attached hydrogens (tertiary/aromatic N) is 1. The van der Waals surface area contributed by atoms with E-state index in [-0.39, 0.29) is 0 Å². The fourth-order valence-electron chi connectivity index (χ4n) is 10.6. The zero-order valence-electron chi connectivity index (χ0n) is 34.8. The topological polar surface area (TPSA) is 21.7 Å². The Morgan fingerprint density at radius 1 is 0.266 bits per heavy atom. The van der Waals surface area contributed by atoms with Gasteiger partial charge in [-0.05, 0) is 115 Å². The second-order valence-electron chi connectivity index (χ2n) is 16.7. The van der Waals surface area contributed by atoms with Crippen molar-refractivity contribution in [3.63, 3.8) is 0 Å². The number of hydrogen-bond acceptors (Lipinski definition) is 3. The Balaban J connectivity index is 0.929. The first-order valence-electron chi connectivity index (χ1n) is 21.9. The van der Waals surface area contributed by atoms with Crippen molar-refractivity contribution < 1.29 is 9.47 Å². The zero-order chi connectivity index (χ0) is 42.2. The van der Waals surface area contributed by atoms with Gasteiger partial charge >= 0.3 is 0 Å². The average molecular weight is 818 g/mol. The van der Waals surface area contributed by atoms with Crippen LogP contribution in [0.4, 0.5) is 17.1 Å². The smallest absolute Gasteiger partial charge is 0.172 e. The number of para-hydroxylation sites is 1.